The van der Waals surface area contributed by atoms with Crippen LogP contribution in [0.3, 0.4) is 0 Å². The van der Waals surface area contributed by atoms with Crippen LogP contribution in [0.2, 0.25) is 0 Å². The standard InChI is InChI=1S/C31H33BrFNO4/c1-30(2)12-21-27(23(35)14-30)26(28-22(34-21)13-31(3,4)15-24(28)36)18-10-19(32)29(25(11-18)37-5)38-16-17-8-6-7-9-20(17)33/h6-11,26,34H,12-16H2,1-5H3. The molecule has 1 aliphatic heterocycles. The highest BCUT2D eigenvalue weighted by Crippen LogP contribution is 2.52. The van der Waals surface area contributed by atoms with Gasteiger partial charge >= 0.3 is 0 Å². The van der Waals surface area contributed by atoms with Crippen LogP contribution in [0.15, 0.2) is 63.4 Å². The molecule has 200 valence electrons. The molecule has 0 bridgehead atoms. The Morgan fingerprint density at radius 3 is 2.08 bits per heavy atom. The van der Waals surface area contributed by atoms with Crippen molar-refractivity contribution in [1.82, 2.24) is 5.32 Å². The summed E-state index contributed by atoms with van der Waals surface area (Å²) in [5.74, 6) is 0.176. The van der Waals surface area contributed by atoms with Gasteiger partial charge in [0.1, 0.15) is 12.4 Å². The van der Waals surface area contributed by atoms with Crippen molar-refractivity contribution in [1.29, 1.82) is 0 Å². The van der Waals surface area contributed by atoms with Crippen LogP contribution in [-0.4, -0.2) is 18.7 Å². The molecule has 7 heteroatoms. The van der Waals surface area contributed by atoms with Crippen LogP contribution in [0.25, 0.3) is 0 Å². The van der Waals surface area contributed by atoms with Gasteiger partial charge in [0.2, 0.25) is 0 Å². The lowest BCUT2D eigenvalue weighted by Gasteiger charge is -2.44. The maximum atomic E-state index is 14.2. The maximum Gasteiger partial charge on any atom is 0.175 e. The lowest BCUT2D eigenvalue weighted by molar-refractivity contribution is -0.119. The highest BCUT2D eigenvalue weighted by molar-refractivity contribution is 9.10. The number of hydrogen-bond acceptors (Lipinski definition) is 5. The van der Waals surface area contributed by atoms with E-state index in [2.05, 4.69) is 48.9 Å². The minimum Gasteiger partial charge on any atom is -0.493 e. The summed E-state index contributed by atoms with van der Waals surface area (Å²) in [5.41, 5.74) is 4.06. The van der Waals surface area contributed by atoms with E-state index in [0.717, 1.165) is 29.8 Å². The smallest absolute Gasteiger partial charge is 0.175 e. The Labute approximate surface area is 231 Å². The van der Waals surface area contributed by atoms with Crippen molar-refractivity contribution in [2.75, 3.05) is 7.11 Å². The topological polar surface area (TPSA) is 64.6 Å². The predicted molar refractivity (Wildman–Crippen MR) is 147 cm³/mol. The lowest BCUT2D eigenvalue weighted by Crippen LogP contribution is -2.42. The lowest BCUT2D eigenvalue weighted by atomic mass is 9.64. The first-order valence-corrected chi connectivity index (χ1v) is 13.7. The Kier molecular flexibility index (Phi) is 6.79. The summed E-state index contributed by atoms with van der Waals surface area (Å²) in [4.78, 5) is 27.2. The molecule has 0 saturated heterocycles. The van der Waals surface area contributed by atoms with Gasteiger partial charge in [-0.25, -0.2) is 4.39 Å². The van der Waals surface area contributed by atoms with Crippen molar-refractivity contribution >= 4 is 27.5 Å². The average Bonchev–Trinajstić information content (AvgIpc) is 2.80. The Balaban J connectivity index is 1.60. The molecule has 0 spiro atoms. The largest absolute Gasteiger partial charge is 0.493 e. The molecule has 0 atom stereocenters. The van der Waals surface area contributed by atoms with Crippen LogP contribution in [0.5, 0.6) is 11.5 Å². The van der Waals surface area contributed by atoms with Crippen LogP contribution in [-0.2, 0) is 16.2 Å². The monoisotopic (exact) mass is 581 g/mol. The molecule has 2 aromatic carbocycles. The number of nitrogens with one attached hydrogen (secondary N) is 1. The molecular weight excluding hydrogens is 549 g/mol. The highest BCUT2D eigenvalue weighted by atomic mass is 79.9. The molecule has 38 heavy (non-hydrogen) atoms. The molecular formula is C31H33BrFNO4. The van der Waals surface area contributed by atoms with Crippen LogP contribution in [0.4, 0.5) is 4.39 Å². The fourth-order valence-corrected chi connectivity index (χ4v) is 6.61. The second-order valence-electron chi connectivity index (χ2n) is 12.1. The molecule has 0 fully saturated rings. The Morgan fingerprint density at radius 1 is 0.947 bits per heavy atom. The van der Waals surface area contributed by atoms with Gasteiger partial charge in [0, 0.05) is 46.9 Å². The molecule has 0 amide bonds. The number of halogens is 2. The van der Waals surface area contributed by atoms with E-state index in [4.69, 9.17) is 9.47 Å². The number of ketones is 2. The van der Waals surface area contributed by atoms with Gasteiger partial charge in [-0.05, 0) is 63.4 Å². The van der Waals surface area contributed by atoms with Gasteiger partial charge in [-0.2, -0.15) is 0 Å². The summed E-state index contributed by atoms with van der Waals surface area (Å²) in [6.07, 6.45) is 2.32. The van der Waals surface area contributed by atoms with Gasteiger partial charge in [0.15, 0.2) is 23.1 Å². The van der Waals surface area contributed by atoms with Gasteiger partial charge in [-0.15, -0.1) is 0 Å². The first-order chi connectivity index (χ1) is 17.9. The summed E-state index contributed by atoms with van der Waals surface area (Å²) >= 11 is 3.62. The van der Waals surface area contributed by atoms with E-state index in [1.807, 2.05) is 12.1 Å². The molecule has 1 N–H and O–H groups in total. The minimum atomic E-state index is -0.487. The number of rotatable bonds is 5. The second kappa shape index (κ2) is 9.67. The normalized spacial score (nSPS) is 20.6. The fraction of sp³-hybridized carbons (Fsp3) is 0.419. The van der Waals surface area contributed by atoms with Crippen LogP contribution < -0.4 is 14.8 Å². The quantitative estimate of drug-likeness (QED) is 0.406. The van der Waals surface area contributed by atoms with E-state index in [9.17, 15) is 14.0 Å². The van der Waals surface area contributed by atoms with E-state index in [0.29, 0.717) is 45.5 Å². The van der Waals surface area contributed by atoms with Gasteiger partial charge in [-0.1, -0.05) is 45.9 Å². The zero-order chi connectivity index (χ0) is 27.4. The van der Waals surface area contributed by atoms with Gasteiger partial charge in [0.05, 0.1) is 11.6 Å². The van der Waals surface area contributed by atoms with Gasteiger partial charge < -0.3 is 14.8 Å². The van der Waals surface area contributed by atoms with Crippen LogP contribution >= 0.6 is 15.9 Å². The molecule has 1 heterocycles. The number of ether oxygens (including phenoxy) is 2. The third-order valence-electron chi connectivity index (χ3n) is 7.63. The second-order valence-corrected chi connectivity index (χ2v) is 13.0. The summed E-state index contributed by atoms with van der Waals surface area (Å²) in [6.45, 7) is 8.44. The number of allylic oxidation sites excluding steroid dienone is 4. The third kappa shape index (κ3) is 4.93. The number of carbonyl (C=O) groups excluding carboxylic acids is 2. The number of hydrogen-bond donors (Lipinski definition) is 1. The van der Waals surface area contributed by atoms with Gasteiger partial charge in [0.25, 0.3) is 0 Å². The van der Waals surface area contributed by atoms with Crippen molar-refractivity contribution in [2.45, 2.75) is 65.9 Å². The molecule has 2 aromatic rings. The molecule has 5 rings (SSSR count). The molecule has 5 nitrogen and oxygen atoms in total. The number of dihydropyridines is 1. The van der Waals surface area contributed by atoms with E-state index < -0.39 is 5.92 Å². The Hall–Kier alpha value is -2.93. The number of Topliss-reactive ketones (excluding diaryl/α,β-unsaturated/α-hetero) is 2. The third-order valence-corrected chi connectivity index (χ3v) is 8.22. The van der Waals surface area contributed by atoms with Gasteiger partial charge in [-0.3, -0.25) is 9.59 Å². The maximum absolute atomic E-state index is 14.2. The highest BCUT2D eigenvalue weighted by Gasteiger charge is 2.46. The molecule has 0 unspecified atom stereocenters. The minimum absolute atomic E-state index is 0.0278. The summed E-state index contributed by atoms with van der Waals surface area (Å²) in [6, 6.07) is 10.2. The van der Waals surface area contributed by atoms with Crippen LogP contribution in [0.1, 0.15) is 70.4 Å². The van der Waals surface area contributed by atoms with E-state index in [1.165, 1.54) is 6.07 Å². The average molecular weight is 583 g/mol. The molecule has 0 saturated carbocycles. The SMILES string of the molecule is COc1cc(C2C3=C(CC(C)(C)CC3=O)NC3=C2C(=O)CC(C)(C)C3)cc(Br)c1OCc1ccccc1F. The van der Waals surface area contributed by atoms with Crippen molar-refractivity contribution in [3.63, 3.8) is 0 Å². The first kappa shape index (κ1) is 26.7. The summed E-state index contributed by atoms with van der Waals surface area (Å²) in [5, 5.41) is 3.54. The van der Waals surface area contributed by atoms with Crippen molar-refractivity contribution < 1.29 is 23.5 Å². The van der Waals surface area contributed by atoms with E-state index >= 15 is 0 Å². The van der Waals surface area contributed by atoms with E-state index in [-0.39, 0.29) is 34.8 Å². The zero-order valence-electron chi connectivity index (χ0n) is 22.5. The molecule has 0 aromatic heterocycles. The van der Waals surface area contributed by atoms with Crippen molar-refractivity contribution in [3.8, 4) is 11.5 Å². The van der Waals surface area contributed by atoms with Crippen LogP contribution in [0, 0.1) is 16.6 Å². The summed E-state index contributed by atoms with van der Waals surface area (Å²) < 4.78 is 26.5. The fourth-order valence-electron chi connectivity index (χ4n) is 6.03. The van der Waals surface area contributed by atoms with Crippen molar-refractivity contribution in [3.05, 3.63) is 80.4 Å². The summed E-state index contributed by atoms with van der Waals surface area (Å²) in [7, 11) is 1.54. The molecule has 0 radical (unpaired) electrons. The Bertz CT molecular complexity index is 1350. The molecule has 3 aliphatic rings. The van der Waals surface area contributed by atoms with E-state index in [1.54, 1.807) is 25.3 Å². The number of benzene rings is 2. The number of methoxy groups -OCH3 is 1. The zero-order valence-corrected chi connectivity index (χ0v) is 24.1. The molecule has 2 aliphatic carbocycles. The number of carbonyl (C=O) groups is 2. The first-order valence-electron chi connectivity index (χ1n) is 12.9. The Morgan fingerprint density at radius 2 is 1.53 bits per heavy atom. The van der Waals surface area contributed by atoms with Crippen molar-refractivity contribution in [2.24, 2.45) is 10.8 Å². The predicted octanol–water partition coefficient (Wildman–Crippen LogP) is 7.15.